The number of hydrogen-bond acceptors (Lipinski definition) is 2. The third-order valence-corrected chi connectivity index (χ3v) is 5.90. The number of fused-ring (bicyclic) bond motifs is 5. The van der Waals surface area contributed by atoms with Crippen LogP contribution >= 0.6 is 0 Å². The van der Waals surface area contributed by atoms with Gasteiger partial charge in [0.2, 0.25) is 0 Å². The van der Waals surface area contributed by atoms with Crippen molar-refractivity contribution in [3.05, 3.63) is 88.5 Å². The molecule has 0 saturated heterocycles. The van der Waals surface area contributed by atoms with Crippen LogP contribution in [0.25, 0.3) is 16.7 Å². The van der Waals surface area contributed by atoms with Gasteiger partial charge in [0, 0.05) is 22.4 Å². The van der Waals surface area contributed by atoms with Crippen molar-refractivity contribution in [2.45, 2.75) is 39.3 Å². The first-order valence-corrected chi connectivity index (χ1v) is 10.1. The minimum absolute atomic E-state index is 0.174. The molecule has 4 heteroatoms. The first kappa shape index (κ1) is 18.9. The summed E-state index contributed by atoms with van der Waals surface area (Å²) in [5.74, 6) is 0.0806. The highest BCUT2D eigenvalue weighted by atomic mass is 19.1. The van der Waals surface area contributed by atoms with Gasteiger partial charge in [-0.2, -0.15) is 0 Å². The van der Waals surface area contributed by atoms with E-state index in [1.165, 1.54) is 18.2 Å². The van der Waals surface area contributed by atoms with Crippen LogP contribution in [0, 0.1) is 18.6 Å². The Morgan fingerprint density at radius 1 is 0.933 bits per heavy atom. The molecule has 0 aliphatic carbocycles. The van der Waals surface area contributed by atoms with Crippen molar-refractivity contribution in [2.24, 2.45) is 0 Å². The lowest BCUT2D eigenvalue weighted by Crippen LogP contribution is -2.32. The number of halogens is 2. The first-order valence-electron chi connectivity index (χ1n) is 10.1. The maximum atomic E-state index is 14.1. The summed E-state index contributed by atoms with van der Waals surface area (Å²) in [7, 11) is 0. The van der Waals surface area contributed by atoms with Gasteiger partial charge in [0.15, 0.2) is 6.10 Å². The van der Waals surface area contributed by atoms with Gasteiger partial charge in [-0.3, -0.25) is 0 Å². The second-order valence-corrected chi connectivity index (χ2v) is 8.77. The number of benzene rings is 3. The zero-order valence-electron chi connectivity index (χ0n) is 17.4. The first-order chi connectivity index (χ1) is 14.2. The molecule has 0 amide bonds. The number of anilines is 1. The normalized spacial score (nSPS) is 18.3. The van der Waals surface area contributed by atoms with E-state index in [9.17, 15) is 8.78 Å². The Kier molecular flexibility index (Phi) is 4.04. The van der Waals surface area contributed by atoms with Crippen LogP contribution in [0.4, 0.5) is 14.5 Å². The van der Waals surface area contributed by atoms with Gasteiger partial charge in [-0.25, -0.2) is 8.78 Å². The van der Waals surface area contributed by atoms with E-state index < -0.39 is 6.10 Å². The number of ether oxygens (including phenoxy) is 1. The fourth-order valence-corrected chi connectivity index (χ4v) is 4.72. The molecule has 5 rings (SSSR count). The zero-order chi connectivity index (χ0) is 21.2. The highest BCUT2D eigenvalue weighted by Gasteiger charge is 2.34. The molecule has 3 aromatic rings. The van der Waals surface area contributed by atoms with E-state index in [1.54, 1.807) is 19.1 Å². The maximum Gasteiger partial charge on any atom is 0.150 e. The molecule has 0 radical (unpaired) electrons. The molecule has 0 fully saturated rings. The van der Waals surface area contributed by atoms with E-state index in [-0.39, 0.29) is 17.2 Å². The summed E-state index contributed by atoms with van der Waals surface area (Å²) in [5.41, 5.74) is 7.14. The van der Waals surface area contributed by atoms with Crippen LogP contribution in [0.15, 0.2) is 54.6 Å². The summed E-state index contributed by atoms with van der Waals surface area (Å²) in [5, 5.41) is 3.58. The van der Waals surface area contributed by atoms with Gasteiger partial charge in [-0.15, -0.1) is 0 Å². The Morgan fingerprint density at radius 3 is 2.50 bits per heavy atom. The summed E-state index contributed by atoms with van der Waals surface area (Å²) in [6.07, 6.45) is 1.78. The molecule has 3 aromatic carbocycles. The zero-order valence-corrected chi connectivity index (χ0v) is 17.4. The topological polar surface area (TPSA) is 21.3 Å². The molecule has 1 unspecified atom stereocenters. The predicted molar refractivity (Wildman–Crippen MR) is 117 cm³/mol. The molecule has 0 spiro atoms. The Morgan fingerprint density at radius 2 is 1.73 bits per heavy atom. The van der Waals surface area contributed by atoms with Crippen LogP contribution in [0.2, 0.25) is 0 Å². The van der Waals surface area contributed by atoms with E-state index in [0.717, 1.165) is 39.1 Å². The molecule has 2 heterocycles. The van der Waals surface area contributed by atoms with Crippen molar-refractivity contribution in [3.63, 3.8) is 0 Å². The van der Waals surface area contributed by atoms with Crippen molar-refractivity contribution in [1.29, 1.82) is 0 Å². The van der Waals surface area contributed by atoms with Gasteiger partial charge >= 0.3 is 0 Å². The van der Waals surface area contributed by atoms with E-state index in [4.69, 9.17) is 4.74 Å². The van der Waals surface area contributed by atoms with Gasteiger partial charge in [-0.1, -0.05) is 18.2 Å². The van der Waals surface area contributed by atoms with Crippen molar-refractivity contribution in [2.75, 3.05) is 5.32 Å². The fourth-order valence-electron chi connectivity index (χ4n) is 4.72. The Hall–Kier alpha value is -3.14. The van der Waals surface area contributed by atoms with Crippen LogP contribution in [0.5, 0.6) is 5.75 Å². The van der Waals surface area contributed by atoms with Gasteiger partial charge in [0.1, 0.15) is 17.4 Å². The van der Waals surface area contributed by atoms with Crippen LogP contribution in [0.3, 0.4) is 0 Å². The summed E-state index contributed by atoms with van der Waals surface area (Å²) in [4.78, 5) is 0. The maximum absolute atomic E-state index is 14.1. The molecular weight excluding hydrogens is 380 g/mol. The fraction of sp³-hybridized carbons (Fsp3) is 0.231. The van der Waals surface area contributed by atoms with E-state index >= 15 is 0 Å². The third kappa shape index (κ3) is 2.90. The number of nitrogens with one attached hydrogen (secondary N) is 1. The smallest absolute Gasteiger partial charge is 0.150 e. The SMILES string of the molecule is CC1=CC(C)(C)Nc2ccc3c(c21)C(c1ccc(F)c(C)c1)Oc1ccc(F)cc1-3. The molecule has 152 valence electrons. The molecule has 0 aromatic heterocycles. The van der Waals surface area contributed by atoms with Gasteiger partial charge in [0.25, 0.3) is 0 Å². The molecule has 2 aliphatic heterocycles. The van der Waals surface area contributed by atoms with Gasteiger partial charge < -0.3 is 10.1 Å². The highest BCUT2D eigenvalue weighted by Crippen LogP contribution is 2.50. The Bertz CT molecular complexity index is 1230. The van der Waals surface area contributed by atoms with Gasteiger partial charge in [0.05, 0.1) is 5.54 Å². The molecule has 0 bridgehead atoms. The lowest BCUT2D eigenvalue weighted by molar-refractivity contribution is 0.242. The molecule has 2 nitrogen and oxygen atoms in total. The summed E-state index contributed by atoms with van der Waals surface area (Å²) < 4.78 is 34.5. The lowest BCUT2D eigenvalue weighted by atomic mass is 9.80. The van der Waals surface area contributed by atoms with Crippen LogP contribution in [-0.4, -0.2) is 5.54 Å². The minimum atomic E-state index is -0.418. The summed E-state index contributed by atoms with van der Waals surface area (Å²) in [6, 6.07) is 13.8. The Balaban J connectivity index is 1.81. The average molecular weight is 403 g/mol. The van der Waals surface area contributed by atoms with E-state index in [0.29, 0.717) is 11.3 Å². The Labute approximate surface area is 175 Å². The molecule has 1 N–H and O–H groups in total. The average Bonchev–Trinajstić information content (AvgIpc) is 2.68. The van der Waals surface area contributed by atoms with Crippen molar-refractivity contribution in [1.82, 2.24) is 0 Å². The van der Waals surface area contributed by atoms with Crippen molar-refractivity contribution in [3.8, 4) is 16.9 Å². The lowest BCUT2D eigenvalue weighted by Gasteiger charge is -2.37. The minimum Gasteiger partial charge on any atom is -0.480 e. The largest absolute Gasteiger partial charge is 0.480 e. The van der Waals surface area contributed by atoms with E-state index in [2.05, 4.69) is 38.2 Å². The van der Waals surface area contributed by atoms with Crippen molar-refractivity contribution < 1.29 is 13.5 Å². The second-order valence-electron chi connectivity index (χ2n) is 8.77. The summed E-state index contributed by atoms with van der Waals surface area (Å²) >= 11 is 0. The number of hydrogen-bond donors (Lipinski definition) is 1. The number of allylic oxidation sites excluding steroid dienone is 1. The second kappa shape index (κ2) is 6.43. The number of rotatable bonds is 1. The monoisotopic (exact) mass is 403 g/mol. The molecule has 1 atom stereocenters. The van der Waals surface area contributed by atoms with Crippen molar-refractivity contribution >= 4 is 11.3 Å². The molecule has 0 saturated carbocycles. The summed E-state index contributed by atoms with van der Waals surface area (Å²) in [6.45, 7) is 8.10. The van der Waals surface area contributed by atoms with Crippen LogP contribution in [0.1, 0.15) is 49.1 Å². The van der Waals surface area contributed by atoms with Gasteiger partial charge in [-0.05, 0) is 86.4 Å². The van der Waals surface area contributed by atoms with Crippen LogP contribution in [-0.2, 0) is 0 Å². The molecule has 30 heavy (non-hydrogen) atoms. The molecule has 2 aliphatic rings. The molecular formula is C26H23F2NO. The van der Waals surface area contributed by atoms with Crippen LogP contribution < -0.4 is 10.1 Å². The quantitative estimate of drug-likeness (QED) is 0.471. The van der Waals surface area contributed by atoms with E-state index in [1.807, 2.05) is 12.1 Å². The predicted octanol–water partition coefficient (Wildman–Crippen LogP) is 7.03. The number of aryl methyl sites for hydroxylation is 1. The highest BCUT2D eigenvalue weighted by molar-refractivity contribution is 5.90. The third-order valence-electron chi connectivity index (χ3n) is 5.90. The standard InChI is InChI=1S/C26H23F2NO/c1-14-11-16(5-8-20(14)28)25-24-18(19-12-17(27)6-10-22(19)30-25)7-9-21-23(24)15(2)13-26(3,4)29-21/h5-13,25,29H,1-4H3.